The lowest BCUT2D eigenvalue weighted by Crippen LogP contribution is -2.33. The van der Waals surface area contributed by atoms with Crippen molar-refractivity contribution in [3.05, 3.63) is 29.8 Å². The van der Waals surface area contributed by atoms with Crippen LogP contribution >= 0.6 is 0 Å². The summed E-state index contributed by atoms with van der Waals surface area (Å²) in [5.41, 5.74) is 0.389. The highest BCUT2D eigenvalue weighted by molar-refractivity contribution is 7.91. The van der Waals surface area contributed by atoms with Gasteiger partial charge in [-0.25, -0.2) is 8.42 Å². The van der Waals surface area contributed by atoms with Crippen LogP contribution in [0.2, 0.25) is 0 Å². The van der Waals surface area contributed by atoms with Crippen LogP contribution in [-0.2, 0) is 21.2 Å². The van der Waals surface area contributed by atoms with Crippen molar-refractivity contribution in [2.45, 2.75) is 23.4 Å². The van der Waals surface area contributed by atoms with Gasteiger partial charge in [0, 0.05) is 19.6 Å². The number of alkyl halides is 5. The third-order valence-electron chi connectivity index (χ3n) is 4.03. The number of aliphatic carboxylic acids is 1. The number of sulfone groups is 1. The number of hydrogen-bond acceptors (Lipinski definition) is 4. The minimum Gasteiger partial charge on any atom is -0.481 e. The number of halogens is 5. The van der Waals surface area contributed by atoms with Gasteiger partial charge in [0.2, 0.25) is 9.84 Å². The van der Waals surface area contributed by atoms with Gasteiger partial charge in [-0.2, -0.15) is 22.0 Å². The quantitative estimate of drug-likeness (QED) is 0.786. The van der Waals surface area contributed by atoms with Gasteiger partial charge in [-0.1, -0.05) is 12.1 Å². The Bertz CT molecular complexity index is 733. The third kappa shape index (κ3) is 4.27. The molecule has 1 aromatic carbocycles. The molecule has 0 bridgehead atoms. The Morgan fingerprint density at radius 1 is 1.20 bits per heavy atom. The Morgan fingerprint density at radius 3 is 2.16 bits per heavy atom. The molecule has 1 aromatic rings. The fraction of sp³-hybridized carbons (Fsp3) is 0.500. The normalized spacial score (nSPS) is 22.5. The monoisotopic (exact) mass is 387 g/mol. The number of carboxylic acid groups (broad SMARTS) is 1. The summed E-state index contributed by atoms with van der Waals surface area (Å²) < 4.78 is 86.2. The average molecular weight is 387 g/mol. The van der Waals surface area contributed by atoms with E-state index in [0.29, 0.717) is 5.56 Å². The highest BCUT2D eigenvalue weighted by atomic mass is 32.2. The molecule has 0 unspecified atom stereocenters. The van der Waals surface area contributed by atoms with Gasteiger partial charge in [-0.05, 0) is 17.7 Å². The first-order valence-electron chi connectivity index (χ1n) is 7.06. The molecule has 0 aliphatic carbocycles. The van der Waals surface area contributed by atoms with E-state index in [0.717, 1.165) is 12.1 Å². The smallest absolute Gasteiger partial charge is 0.393 e. The zero-order chi connectivity index (χ0) is 19.0. The largest absolute Gasteiger partial charge is 0.481 e. The van der Waals surface area contributed by atoms with Crippen molar-refractivity contribution in [3.63, 3.8) is 0 Å². The Kier molecular flexibility index (Phi) is 5.38. The lowest BCUT2D eigenvalue weighted by Gasteiger charge is -2.18. The van der Waals surface area contributed by atoms with Crippen molar-refractivity contribution in [2.75, 3.05) is 13.1 Å². The first-order chi connectivity index (χ1) is 11.4. The molecule has 1 aliphatic heterocycles. The molecular formula is C14H14F5NO4S. The molecule has 2 atom stereocenters. The fourth-order valence-electron chi connectivity index (χ4n) is 2.74. The Hall–Kier alpha value is -1.75. The Balaban J connectivity index is 2.12. The molecule has 0 radical (unpaired) electrons. The molecule has 25 heavy (non-hydrogen) atoms. The zero-order valence-corrected chi connectivity index (χ0v) is 13.4. The molecular weight excluding hydrogens is 373 g/mol. The number of nitrogens with zero attached hydrogens (tertiary/aromatic N) is 1. The number of carbonyl (C=O) groups is 1. The summed E-state index contributed by atoms with van der Waals surface area (Å²) in [7, 11) is -4.74. The SMILES string of the molecule is O=C(O)[C@@H]1CN(Cc2ccc(S(=O)(=O)C(F)F)cc2)C[C@H]1C(F)(F)F. The molecule has 0 spiro atoms. The first kappa shape index (κ1) is 19.6. The Morgan fingerprint density at radius 2 is 1.76 bits per heavy atom. The molecule has 0 saturated carbocycles. The second kappa shape index (κ2) is 6.87. The minimum absolute atomic E-state index is 0.0502. The fourth-order valence-corrected chi connectivity index (χ4v) is 3.46. The molecule has 0 amide bonds. The number of likely N-dealkylation sites (tertiary alicyclic amines) is 1. The van der Waals surface area contributed by atoms with Crippen molar-refractivity contribution in [3.8, 4) is 0 Å². The van der Waals surface area contributed by atoms with E-state index in [1.165, 1.54) is 17.0 Å². The van der Waals surface area contributed by atoms with E-state index in [1.807, 2.05) is 0 Å². The molecule has 1 saturated heterocycles. The van der Waals surface area contributed by atoms with Crippen LogP contribution in [0.15, 0.2) is 29.2 Å². The molecule has 5 nitrogen and oxygen atoms in total. The maximum absolute atomic E-state index is 12.9. The summed E-state index contributed by atoms with van der Waals surface area (Å²) in [6.45, 7) is -0.862. The van der Waals surface area contributed by atoms with Crippen LogP contribution in [0.3, 0.4) is 0 Å². The summed E-state index contributed by atoms with van der Waals surface area (Å²) in [6.07, 6.45) is -4.65. The van der Waals surface area contributed by atoms with Crippen molar-refractivity contribution < 1.29 is 40.3 Å². The van der Waals surface area contributed by atoms with E-state index in [9.17, 15) is 35.2 Å². The van der Waals surface area contributed by atoms with Crippen molar-refractivity contribution in [1.29, 1.82) is 0 Å². The van der Waals surface area contributed by atoms with Crippen LogP contribution in [0.25, 0.3) is 0 Å². The topological polar surface area (TPSA) is 74.7 Å². The lowest BCUT2D eigenvalue weighted by molar-refractivity contribution is -0.188. The molecule has 140 valence electrons. The highest BCUT2D eigenvalue weighted by Crippen LogP contribution is 2.38. The highest BCUT2D eigenvalue weighted by Gasteiger charge is 2.52. The van der Waals surface area contributed by atoms with Crippen molar-refractivity contribution in [2.24, 2.45) is 11.8 Å². The molecule has 1 heterocycles. The van der Waals surface area contributed by atoms with Crippen LogP contribution in [0.5, 0.6) is 0 Å². The van der Waals surface area contributed by atoms with Crippen LogP contribution < -0.4 is 0 Å². The molecule has 1 fully saturated rings. The summed E-state index contributed by atoms with van der Waals surface area (Å²) in [6, 6.07) is 4.32. The van der Waals surface area contributed by atoms with Crippen LogP contribution in [0.4, 0.5) is 22.0 Å². The summed E-state index contributed by atoms with van der Waals surface area (Å²) in [4.78, 5) is 11.7. The van der Waals surface area contributed by atoms with Gasteiger partial charge in [-0.15, -0.1) is 0 Å². The summed E-state index contributed by atoms with van der Waals surface area (Å²) in [5.74, 6) is -8.69. The van der Waals surface area contributed by atoms with Gasteiger partial charge in [0.05, 0.1) is 16.7 Å². The summed E-state index contributed by atoms with van der Waals surface area (Å²) >= 11 is 0. The zero-order valence-electron chi connectivity index (χ0n) is 12.6. The molecule has 11 heteroatoms. The molecule has 1 N–H and O–H groups in total. The van der Waals surface area contributed by atoms with Crippen LogP contribution in [0, 0.1) is 11.8 Å². The van der Waals surface area contributed by atoms with E-state index < -0.39 is 51.0 Å². The van der Waals surface area contributed by atoms with Gasteiger partial charge < -0.3 is 5.11 Å². The first-order valence-corrected chi connectivity index (χ1v) is 8.60. The van der Waals surface area contributed by atoms with Gasteiger partial charge in [0.25, 0.3) is 0 Å². The maximum atomic E-state index is 12.9. The van der Waals surface area contributed by atoms with Gasteiger partial charge in [0.15, 0.2) is 0 Å². The number of hydrogen-bond donors (Lipinski definition) is 1. The van der Waals surface area contributed by atoms with Crippen LogP contribution in [0.1, 0.15) is 5.56 Å². The van der Waals surface area contributed by atoms with Crippen molar-refractivity contribution >= 4 is 15.8 Å². The minimum atomic E-state index is -4.74. The number of rotatable bonds is 5. The van der Waals surface area contributed by atoms with E-state index in [-0.39, 0.29) is 13.1 Å². The lowest BCUT2D eigenvalue weighted by atomic mass is 9.96. The van der Waals surface area contributed by atoms with E-state index in [4.69, 9.17) is 5.11 Å². The number of carboxylic acids is 1. The van der Waals surface area contributed by atoms with Gasteiger partial charge >= 0.3 is 17.9 Å². The van der Waals surface area contributed by atoms with Gasteiger partial charge in [0.1, 0.15) is 0 Å². The van der Waals surface area contributed by atoms with E-state index in [1.54, 1.807) is 0 Å². The maximum Gasteiger partial charge on any atom is 0.393 e. The molecule has 1 aliphatic rings. The number of benzene rings is 1. The van der Waals surface area contributed by atoms with Gasteiger partial charge in [-0.3, -0.25) is 9.69 Å². The molecule has 2 rings (SSSR count). The Labute approximate surface area is 140 Å². The summed E-state index contributed by atoms with van der Waals surface area (Å²) in [5, 5.41) is 8.94. The van der Waals surface area contributed by atoms with E-state index in [2.05, 4.69) is 0 Å². The van der Waals surface area contributed by atoms with Crippen molar-refractivity contribution in [1.82, 2.24) is 4.90 Å². The second-order valence-electron chi connectivity index (χ2n) is 5.74. The molecule has 0 aromatic heterocycles. The average Bonchev–Trinajstić information content (AvgIpc) is 2.92. The van der Waals surface area contributed by atoms with E-state index >= 15 is 0 Å². The third-order valence-corrected chi connectivity index (χ3v) is 5.42. The predicted octanol–water partition coefficient (Wildman–Crippen LogP) is 2.38. The predicted molar refractivity (Wildman–Crippen MR) is 75.6 cm³/mol. The standard InChI is InChI=1S/C14H14F5NO4S/c15-13(16)25(23,24)9-3-1-8(2-4-9)5-20-6-10(12(21)22)11(7-20)14(17,18)19/h1-4,10-11,13H,5-7H2,(H,21,22)/t10-,11-/m1/s1. The second-order valence-corrected chi connectivity index (χ2v) is 7.65. The van der Waals surface area contributed by atoms with Crippen LogP contribution in [-0.4, -0.2) is 49.4 Å².